The third-order valence-corrected chi connectivity index (χ3v) is 2.52. The molecule has 0 aliphatic carbocycles. The molecular weight excluding hydrogens is 220 g/mol. The molecule has 92 valence electrons. The van der Waals surface area contributed by atoms with E-state index in [-0.39, 0.29) is 0 Å². The number of H-pyrrole nitrogens is 1. The number of ether oxygens (including phenoxy) is 1. The number of hydrogen-bond acceptors (Lipinski definition) is 5. The van der Waals surface area contributed by atoms with Gasteiger partial charge >= 0.3 is 0 Å². The smallest absolute Gasteiger partial charge is 0.162 e. The van der Waals surface area contributed by atoms with Crippen molar-refractivity contribution in [2.45, 2.75) is 25.9 Å². The quantitative estimate of drug-likeness (QED) is 0.786. The Morgan fingerprint density at radius 2 is 2.41 bits per heavy atom. The first kappa shape index (κ1) is 11.6. The Kier molecular flexibility index (Phi) is 3.38. The van der Waals surface area contributed by atoms with Crippen molar-refractivity contribution in [2.24, 2.45) is 5.73 Å². The first-order valence-corrected chi connectivity index (χ1v) is 5.48. The Morgan fingerprint density at radius 3 is 3.00 bits per heavy atom. The fraction of sp³-hybridized carbons (Fsp3) is 0.500. The molecule has 0 fully saturated rings. The topological polar surface area (TPSA) is 94.6 Å². The Bertz CT molecular complexity index is 463. The van der Waals surface area contributed by atoms with E-state index in [1.54, 1.807) is 13.3 Å². The normalized spacial score (nSPS) is 12.6. The zero-order valence-electron chi connectivity index (χ0n) is 9.92. The van der Waals surface area contributed by atoms with E-state index in [9.17, 15) is 0 Å². The second-order valence-electron chi connectivity index (χ2n) is 3.67. The lowest BCUT2D eigenvalue weighted by Crippen LogP contribution is -2.19. The van der Waals surface area contributed by atoms with Crippen LogP contribution in [-0.2, 0) is 6.54 Å². The van der Waals surface area contributed by atoms with Crippen LogP contribution in [0.1, 0.15) is 30.9 Å². The predicted molar refractivity (Wildman–Crippen MR) is 61.5 cm³/mol. The Hall–Kier alpha value is -1.89. The summed E-state index contributed by atoms with van der Waals surface area (Å²) in [5.41, 5.74) is 6.95. The molecule has 0 aromatic carbocycles. The number of hydrogen-bond donors (Lipinski definition) is 2. The van der Waals surface area contributed by atoms with Crippen LogP contribution in [0.5, 0.6) is 5.75 Å². The molecule has 2 aromatic rings. The molecule has 7 nitrogen and oxygen atoms in total. The van der Waals surface area contributed by atoms with Gasteiger partial charge in [-0.25, -0.2) is 4.98 Å². The van der Waals surface area contributed by atoms with Gasteiger partial charge in [0.05, 0.1) is 13.3 Å². The van der Waals surface area contributed by atoms with Gasteiger partial charge in [0.15, 0.2) is 5.75 Å². The van der Waals surface area contributed by atoms with Gasteiger partial charge in [0.25, 0.3) is 0 Å². The van der Waals surface area contributed by atoms with E-state index in [0.29, 0.717) is 11.6 Å². The summed E-state index contributed by atoms with van der Waals surface area (Å²) in [4.78, 5) is 4.06. The van der Waals surface area contributed by atoms with Gasteiger partial charge in [-0.1, -0.05) is 6.92 Å². The Labute approximate surface area is 99.0 Å². The number of nitrogens with two attached hydrogens (primary N) is 1. The SMILES string of the molecule is CCCn1ncc(OC)c1C(N)c1ncn[nH]1. The van der Waals surface area contributed by atoms with Crippen molar-refractivity contribution in [3.8, 4) is 5.75 Å². The van der Waals surface area contributed by atoms with E-state index in [2.05, 4.69) is 27.2 Å². The third-order valence-electron chi connectivity index (χ3n) is 2.52. The molecule has 0 radical (unpaired) electrons. The Balaban J connectivity index is 2.38. The van der Waals surface area contributed by atoms with Crippen molar-refractivity contribution in [1.82, 2.24) is 25.0 Å². The summed E-state index contributed by atoms with van der Waals surface area (Å²) in [6, 6.07) is -0.415. The number of aromatic amines is 1. The lowest BCUT2D eigenvalue weighted by molar-refractivity contribution is 0.403. The molecule has 2 heterocycles. The lowest BCUT2D eigenvalue weighted by atomic mass is 10.2. The first-order chi connectivity index (χ1) is 8.27. The molecule has 0 bridgehead atoms. The summed E-state index contributed by atoms with van der Waals surface area (Å²) < 4.78 is 7.11. The Morgan fingerprint density at radius 1 is 1.59 bits per heavy atom. The van der Waals surface area contributed by atoms with Crippen molar-refractivity contribution in [1.29, 1.82) is 0 Å². The molecular formula is C10H16N6O. The van der Waals surface area contributed by atoms with Crippen LogP contribution in [-0.4, -0.2) is 32.1 Å². The van der Waals surface area contributed by atoms with Gasteiger partial charge in [-0.05, 0) is 6.42 Å². The van der Waals surface area contributed by atoms with Crippen LogP contribution < -0.4 is 10.5 Å². The highest BCUT2D eigenvalue weighted by Gasteiger charge is 2.21. The fourth-order valence-corrected chi connectivity index (χ4v) is 1.73. The van der Waals surface area contributed by atoms with Crippen molar-refractivity contribution in [3.05, 3.63) is 24.0 Å². The van der Waals surface area contributed by atoms with E-state index < -0.39 is 6.04 Å². The van der Waals surface area contributed by atoms with Crippen LogP contribution >= 0.6 is 0 Å². The van der Waals surface area contributed by atoms with E-state index >= 15 is 0 Å². The fourth-order valence-electron chi connectivity index (χ4n) is 1.73. The van der Waals surface area contributed by atoms with E-state index in [4.69, 9.17) is 10.5 Å². The summed E-state index contributed by atoms with van der Waals surface area (Å²) in [5.74, 6) is 1.27. The maximum absolute atomic E-state index is 6.14. The second-order valence-corrected chi connectivity index (χ2v) is 3.67. The van der Waals surface area contributed by atoms with E-state index in [1.807, 2.05) is 4.68 Å². The van der Waals surface area contributed by atoms with Crippen molar-refractivity contribution < 1.29 is 4.74 Å². The minimum Gasteiger partial charge on any atom is -0.493 e. The third kappa shape index (κ3) is 2.14. The predicted octanol–water partition coefficient (Wildman–Crippen LogP) is 0.468. The summed E-state index contributed by atoms with van der Waals surface area (Å²) in [7, 11) is 1.60. The number of nitrogens with one attached hydrogen (secondary N) is 1. The molecule has 7 heteroatoms. The van der Waals surface area contributed by atoms with Gasteiger partial charge in [0.1, 0.15) is 23.9 Å². The van der Waals surface area contributed by atoms with Gasteiger partial charge in [-0.3, -0.25) is 9.78 Å². The molecule has 1 atom stereocenters. The van der Waals surface area contributed by atoms with E-state index in [0.717, 1.165) is 18.7 Å². The van der Waals surface area contributed by atoms with Gasteiger partial charge < -0.3 is 10.5 Å². The minimum atomic E-state index is -0.415. The summed E-state index contributed by atoms with van der Waals surface area (Å²) in [6.07, 6.45) is 4.07. The minimum absolute atomic E-state index is 0.415. The zero-order chi connectivity index (χ0) is 12.3. The molecule has 0 saturated heterocycles. The first-order valence-electron chi connectivity index (χ1n) is 5.48. The molecule has 0 saturated carbocycles. The highest BCUT2D eigenvalue weighted by Crippen LogP contribution is 2.26. The van der Waals surface area contributed by atoms with Gasteiger partial charge in [0, 0.05) is 6.54 Å². The average Bonchev–Trinajstić information content (AvgIpc) is 2.97. The number of aryl methyl sites for hydroxylation is 1. The number of aromatic nitrogens is 5. The standard InChI is InChI=1S/C10H16N6O/c1-3-4-16-9(7(17-2)5-14-16)8(11)10-12-6-13-15-10/h5-6,8H,3-4,11H2,1-2H3,(H,12,13,15). The maximum atomic E-state index is 6.14. The van der Waals surface area contributed by atoms with E-state index in [1.165, 1.54) is 6.33 Å². The molecule has 2 aromatic heterocycles. The van der Waals surface area contributed by atoms with Crippen LogP contribution in [0.25, 0.3) is 0 Å². The molecule has 17 heavy (non-hydrogen) atoms. The molecule has 0 aliphatic rings. The number of rotatable bonds is 5. The summed E-state index contributed by atoms with van der Waals surface area (Å²) >= 11 is 0. The average molecular weight is 236 g/mol. The molecule has 0 amide bonds. The highest BCUT2D eigenvalue weighted by atomic mass is 16.5. The maximum Gasteiger partial charge on any atom is 0.162 e. The monoisotopic (exact) mass is 236 g/mol. The zero-order valence-corrected chi connectivity index (χ0v) is 9.92. The van der Waals surface area contributed by atoms with Crippen molar-refractivity contribution in [2.75, 3.05) is 7.11 Å². The summed E-state index contributed by atoms with van der Waals surface area (Å²) in [5, 5.41) is 10.8. The van der Waals surface area contributed by atoms with Crippen LogP contribution in [0.15, 0.2) is 12.5 Å². The van der Waals surface area contributed by atoms with Gasteiger partial charge in [-0.2, -0.15) is 10.2 Å². The van der Waals surface area contributed by atoms with Crippen LogP contribution in [0.4, 0.5) is 0 Å². The molecule has 1 unspecified atom stereocenters. The van der Waals surface area contributed by atoms with Gasteiger partial charge in [0.2, 0.25) is 0 Å². The number of methoxy groups -OCH3 is 1. The van der Waals surface area contributed by atoms with Crippen molar-refractivity contribution >= 4 is 0 Å². The number of nitrogens with zero attached hydrogens (tertiary/aromatic N) is 4. The molecule has 0 spiro atoms. The molecule has 0 aliphatic heterocycles. The van der Waals surface area contributed by atoms with Gasteiger partial charge in [-0.15, -0.1) is 0 Å². The second kappa shape index (κ2) is 4.96. The van der Waals surface area contributed by atoms with Crippen molar-refractivity contribution in [3.63, 3.8) is 0 Å². The van der Waals surface area contributed by atoms with Crippen LogP contribution in [0.2, 0.25) is 0 Å². The molecule has 2 rings (SSSR count). The molecule has 3 N–H and O–H groups in total. The largest absolute Gasteiger partial charge is 0.493 e. The highest BCUT2D eigenvalue weighted by molar-refractivity contribution is 5.31. The van der Waals surface area contributed by atoms with Crippen LogP contribution in [0, 0.1) is 0 Å². The summed E-state index contributed by atoms with van der Waals surface area (Å²) in [6.45, 7) is 2.87. The van der Waals surface area contributed by atoms with Crippen LogP contribution in [0.3, 0.4) is 0 Å². The lowest BCUT2D eigenvalue weighted by Gasteiger charge is -2.13.